The molecule has 128 valence electrons. The largest absolute Gasteiger partial charge is 0.489 e. The summed E-state index contributed by atoms with van der Waals surface area (Å²) >= 11 is 6.13. The molecule has 0 bridgehead atoms. The average molecular weight is 348 g/mol. The zero-order valence-electron chi connectivity index (χ0n) is 13.6. The summed E-state index contributed by atoms with van der Waals surface area (Å²) in [7, 11) is 0. The summed E-state index contributed by atoms with van der Waals surface area (Å²) in [4.78, 5) is 14.2. The van der Waals surface area contributed by atoms with E-state index >= 15 is 0 Å². The number of hydrogen-bond acceptors (Lipinski definition) is 3. The third kappa shape index (κ3) is 4.51. The molecule has 5 nitrogen and oxygen atoms in total. The number of carbonyl (C=O) groups excluding carboxylic acids is 1. The Kier molecular flexibility index (Phi) is 5.75. The van der Waals surface area contributed by atoms with Gasteiger partial charge < -0.3 is 9.64 Å². The molecule has 0 N–H and O–H groups in total. The lowest BCUT2D eigenvalue weighted by Gasteiger charge is -2.32. The monoisotopic (exact) mass is 347 g/mol. The Morgan fingerprint density at radius 3 is 2.75 bits per heavy atom. The van der Waals surface area contributed by atoms with Gasteiger partial charge in [0.1, 0.15) is 11.9 Å². The van der Waals surface area contributed by atoms with Crippen molar-refractivity contribution in [1.82, 2.24) is 14.7 Å². The van der Waals surface area contributed by atoms with Crippen LogP contribution in [0.4, 0.5) is 0 Å². The van der Waals surface area contributed by atoms with Gasteiger partial charge in [-0.3, -0.25) is 9.48 Å². The van der Waals surface area contributed by atoms with Gasteiger partial charge in [0.25, 0.3) is 0 Å². The quantitative estimate of drug-likeness (QED) is 0.804. The molecule has 2 aromatic rings. The standard InChI is InChI=1S/C18H22ClN3O2/c19-16-5-1-2-6-17(16)24-15-8-13-21(14-9-15)18(23)7-3-11-22-12-4-10-20-22/h1-2,4-6,10,12,15H,3,7-9,11,13-14H2. The number of piperidine rings is 1. The summed E-state index contributed by atoms with van der Waals surface area (Å²) in [5.74, 6) is 0.946. The molecular weight excluding hydrogens is 326 g/mol. The lowest BCUT2D eigenvalue weighted by atomic mass is 10.1. The van der Waals surface area contributed by atoms with Crippen molar-refractivity contribution >= 4 is 17.5 Å². The maximum atomic E-state index is 12.3. The number of carbonyl (C=O) groups is 1. The number of amides is 1. The first kappa shape index (κ1) is 16.8. The van der Waals surface area contributed by atoms with Crippen LogP contribution < -0.4 is 4.74 Å². The first-order valence-electron chi connectivity index (χ1n) is 8.39. The molecule has 1 fully saturated rings. The predicted molar refractivity (Wildman–Crippen MR) is 93.1 cm³/mol. The molecule has 0 saturated carbocycles. The lowest BCUT2D eigenvalue weighted by molar-refractivity contribution is -0.133. The van der Waals surface area contributed by atoms with E-state index in [1.807, 2.05) is 46.1 Å². The summed E-state index contributed by atoms with van der Waals surface area (Å²) in [6, 6.07) is 9.41. The second-order valence-corrected chi connectivity index (χ2v) is 6.41. The molecule has 0 unspecified atom stereocenters. The van der Waals surface area contributed by atoms with Gasteiger partial charge in [0.2, 0.25) is 5.91 Å². The van der Waals surface area contributed by atoms with Crippen molar-refractivity contribution in [1.29, 1.82) is 0 Å². The van der Waals surface area contributed by atoms with Crippen molar-refractivity contribution in [2.75, 3.05) is 13.1 Å². The van der Waals surface area contributed by atoms with Gasteiger partial charge in [0.05, 0.1) is 5.02 Å². The Morgan fingerprint density at radius 1 is 1.25 bits per heavy atom. The molecule has 3 rings (SSSR count). The zero-order chi connectivity index (χ0) is 16.8. The van der Waals surface area contributed by atoms with E-state index in [9.17, 15) is 4.79 Å². The van der Waals surface area contributed by atoms with E-state index in [1.54, 1.807) is 6.20 Å². The summed E-state index contributed by atoms with van der Waals surface area (Å²) in [5, 5.41) is 4.78. The number of likely N-dealkylation sites (tertiary alicyclic amines) is 1. The van der Waals surface area contributed by atoms with Gasteiger partial charge in [0.15, 0.2) is 0 Å². The SMILES string of the molecule is O=C(CCCn1cccn1)N1CCC(Oc2ccccc2Cl)CC1. The number of para-hydroxylation sites is 1. The Balaban J connectivity index is 1.39. The highest BCUT2D eigenvalue weighted by Crippen LogP contribution is 2.26. The molecule has 1 aliphatic heterocycles. The molecule has 1 aliphatic rings. The van der Waals surface area contributed by atoms with Crippen LogP contribution in [0.1, 0.15) is 25.7 Å². The fourth-order valence-electron chi connectivity index (χ4n) is 2.93. The van der Waals surface area contributed by atoms with Crippen LogP contribution in [-0.4, -0.2) is 39.8 Å². The first-order valence-corrected chi connectivity index (χ1v) is 8.76. The second kappa shape index (κ2) is 8.20. The average Bonchev–Trinajstić information content (AvgIpc) is 3.11. The minimum absolute atomic E-state index is 0.123. The minimum atomic E-state index is 0.123. The highest BCUT2D eigenvalue weighted by atomic mass is 35.5. The van der Waals surface area contributed by atoms with E-state index in [0.717, 1.165) is 44.6 Å². The number of benzene rings is 1. The number of ether oxygens (including phenoxy) is 1. The summed E-state index contributed by atoms with van der Waals surface area (Å²) in [5.41, 5.74) is 0. The van der Waals surface area contributed by atoms with Gasteiger partial charge in [-0.2, -0.15) is 5.10 Å². The minimum Gasteiger partial charge on any atom is -0.489 e. The van der Waals surface area contributed by atoms with Gasteiger partial charge in [-0.05, 0) is 24.6 Å². The van der Waals surface area contributed by atoms with E-state index in [4.69, 9.17) is 16.3 Å². The predicted octanol–water partition coefficient (Wildman–Crippen LogP) is 3.39. The van der Waals surface area contributed by atoms with E-state index in [2.05, 4.69) is 5.10 Å². The number of nitrogens with zero attached hydrogens (tertiary/aromatic N) is 3. The molecule has 2 heterocycles. The molecule has 6 heteroatoms. The van der Waals surface area contributed by atoms with E-state index < -0.39 is 0 Å². The van der Waals surface area contributed by atoms with Crippen molar-refractivity contribution in [2.24, 2.45) is 0 Å². The van der Waals surface area contributed by atoms with Crippen molar-refractivity contribution in [3.63, 3.8) is 0 Å². The zero-order valence-corrected chi connectivity index (χ0v) is 14.4. The van der Waals surface area contributed by atoms with E-state index in [-0.39, 0.29) is 12.0 Å². The molecule has 0 aliphatic carbocycles. The van der Waals surface area contributed by atoms with E-state index in [1.165, 1.54) is 0 Å². The number of aryl methyl sites for hydroxylation is 1. The van der Waals surface area contributed by atoms with Crippen molar-refractivity contribution in [3.8, 4) is 5.75 Å². The third-order valence-electron chi connectivity index (χ3n) is 4.26. The Morgan fingerprint density at radius 2 is 2.04 bits per heavy atom. The van der Waals surface area contributed by atoms with Crippen LogP contribution in [-0.2, 0) is 11.3 Å². The number of rotatable bonds is 6. The summed E-state index contributed by atoms with van der Waals surface area (Å²) in [6.45, 7) is 2.27. The highest BCUT2D eigenvalue weighted by molar-refractivity contribution is 6.32. The maximum absolute atomic E-state index is 12.3. The summed E-state index contributed by atoms with van der Waals surface area (Å²) < 4.78 is 7.82. The van der Waals surface area contributed by atoms with Gasteiger partial charge in [0, 0.05) is 51.3 Å². The van der Waals surface area contributed by atoms with Crippen molar-refractivity contribution in [3.05, 3.63) is 47.7 Å². The molecule has 1 amide bonds. The van der Waals surface area contributed by atoms with Gasteiger partial charge in [-0.25, -0.2) is 0 Å². The molecular formula is C18H22ClN3O2. The molecule has 1 saturated heterocycles. The topological polar surface area (TPSA) is 47.4 Å². The van der Waals surface area contributed by atoms with Crippen LogP contribution in [0.5, 0.6) is 5.75 Å². The second-order valence-electron chi connectivity index (χ2n) is 6.00. The van der Waals surface area contributed by atoms with Crippen LogP contribution >= 0.6 is 11.6 Å². The Labute approximate surface area is 147 Å². The van der Waals surface area contributed by atoms with Crippen LogP contribution in [0.15, 0.2) is 42.7 Å². The summed E-state index contributed by atoms with van der Waals surface area (Å²) in [6.07, 6.45) is 6.87. The van der Waals surface area contributed by atoms with Crippen LogP contribution in [0.2, 0.25) is 5.02 Å². The first-order chi connectivity index (χ1) is 11.7. The van der Waals surface area contributed by atoms with E-state index in [0.29, 0.717) is 11.4 Å². The number of halogens is 1. The third-order valence-corrected chi connectivity index (χ3v) is 4.57. The molecule has 0 spiro atoms. The molecule has 0 atom stereocenters. The van der Waals surface area contributed by atoms with Gasteiger partial charge >= 0.3 is 0 Å². The smallest absolute Gasteiger partial charge is 0.222 e. The van der Waals surface area contributed by atoms with Crippen LogP contribution in [0.25, 0.3) is 0 Å². The number of aromatic nitrogens is 2. The molecule has 1 aromatic heterocycles. The van der Waals surface area contributed by atoms with Gasteiger partial charge in [-0.15, -0.1) is 0 Å². The van der Waals surface area contributed by atoms with Crippen molar-refractivity contribution in [2.45, 2.75) is 38.3 Å². The fraction of sp³-hybridized carbons (Fsp3) is 0.444. The lowest BCUT2D eigenvalue weighted by Crippen LogP contribution is -2.41. The van der Waals surface area contributed by atoms with Gasteiger partial charge in [-0.1, -0.05) is 23.7 Å². The van der Waals surface area contributed by atoms with Crippen LogP contribution in [0.3, 0.4) is 0 Å². The Hall–Kier alpha value is -2.01. The molecule has 0 radical (unpaired) electrons. The maximum Gasteiger partial charge on any atom is 0.222 e. The normalized spacial score (nSPS) is 15.5. The fourth-order valence-corrected chi connectivity index (χ4v) is 3.11. The van der Waals surface area contributed by atoms with Crippen LogP contribution in [0, 0.1) is 0 Å². The molecule has 1 aromatic carbocycles. The molecule has 24 heavy (non-hydrogen) atoms. The van der Waals surface area contributed by atoms with Crippen molar-refractivity contribution < 1.29 is 9.53 Å². The number of hydrogen-bond donors (Lipinski definition) is 0. The Bertz CT molecular complexity index is 652. The highest BCUT2D eigenvalue weighted by Gasteiger charge is 2.24.